The van der Waals surface area contributed by atoms with E-state index in [0.717, 1.165) is 31.4 Å². The Morgan fingerprint density at radius 2 is 1.78 bits per heavy atom. The van der Waals surface area contributed by atoms with Gasteiger partial charge in [-0.05, 0) is 43.5 Å². The Morgan fingerprint density at radius 3 is 2.30 bits per heavy atom. The molecule has 0 aromatic heterocycles. The first kappa shape index (κ1) is 16.9. The van der Waals surface area contributed by atoms with Crippen molar-refractivity contribution in [2.75, 3.05) is 18.4 Å². The van der Waals surface area contributed by atoms with Crippen LogP contribution < -0.4 is 5.32 Å². The van der Waals surface area contributed by atoms with E-state index in [1.807, 2.05) is 6.07 Å². The highest BCUT2D eigenvalue weighted by Crippen LogP contribution is 2.29. The van der Waals surface area contributed by atoms with Gasteiger partial charge in [0, 0.05) is 25.0 Å². The maximum absolute atomic E-state index is 12.5. The molecule has 4 nitrogen and oxygen atoms in total. The van der Waals surface area contributed by atoms with Crippen LogP contribution in [0.15, 0.2) is 36.0 Å². The van der Waals surface area contributed by atoms with Crippen molar-refractivity contribution in [1.82, 2.24) is 4.90 Å². The van der Waals surface area contributed by atoms with E-state index in [1.165, 1.54) is 18.3 Å². The van der Waals surface area contributed by atoms with E-state index in [-0.39, 0.29) is 11.5 Å². The fourth-order valence-electron chi connectivity index (χ4n) is 2.32. The Labute approximate surface area is 132 Å². The molecule has 1 fully saturated rings. The van der Waals surface area contributed by atoms with Crippen LogP contribution in [-0.4, -0.2) is 23.9 Å². The number of likely N-dealkylation sites (tertiary alicyclic amines) is 1. The van der Waals surface area contributed by atoms with E-state index in [0.29, 0.717) is 18.8 Å². The first-order chi connectivity index (χ1) is 10.9. The van der Waals surface area contributed by atoms with Crippen LogP contribution >= 0.6 is 0 Å². The lowest BCUT2D eigenvalue weighted by atomic mass is 10.1. The lowest BCUT2D eigenvalue weighted by molar-refractivity contribution is -0.137. The minimum Gasteiger partial charge on any atom is -0.360 e. The Hall–Kier alpha value is -2.49. The predicted molar refractivity (Wildman–Crippen MR) is 79.2 cm³/mol. The van der Waals surface area contributed by atoms with Crippen molar-refractivity contribution in [2.45, 2.75) is 25.4 Å². The van der Waals surface area contributed by atoms with Gasteiger partial charge in [0.1, 0.15) is 11.6 Å². The lowest BCUT2D eigenvalue weighted by Crippen LogP contribution is -2.36. The lowest BCUT2D eigenvalue weighted by Gasteiger charge is -2.26. The number of benzene rings is 1. The van der Waals surface area contributed by atoms with Crippen LogP contribution in [-0.2, 0) is 11.0 Å². The summed E-state index contributed by atoms with van der Waals surface area (Å²) in [6, 6.07) is 6.21. The third-order valence-electron chi connectivity index (χ3n) is 3.59. The van der Waals surface area contributed by atoms with Crippen molar-refractivity contribution in [3.05, 3.63) is 41.6 Å². The number of rotatable bonds is 3. The summed E-state index contributed by atoms with van der Waals surface area (Å²) in [5, 5.41) is 11.8. The second kappa shape index (κ2) is 7.18. The third-order valence-corrected chi connectivity index (χ3v) is 3.59. The zero-order chi connectivity index (χ0) is 16.9. The van der Waals surface area contributed by atoms with Crippen LogP contribution in [0.4, 0.5) is 18.9 Å². The Kier molecular flexibility index (Phi) is 5.27. The van der Waals surface area contributed by atoms with Crippen LogP contribution in [0.1, 0.15) is 24.8 Å². The van der Waals surface area contributed by atoms with Gasteiger partial charge >= 0.3 is 6.18 Å². The highest BCUT2D eigenvalue weighted by molar-refractivity contribution is 5.97. The minimum absolute atomic E-state index is 0.0632. The summed E-state index contributed by atoms with van der Waals surface area (Å²) < 4.78 is 37.4. The molecule has 23 heavy (non-hydrogen) atoms. The number of carbonyl (C=O) groups excluding carboxylic acids is 1. The standard InChI is InChI=1S/C16H16F3N3O/c17-16(18,19)13-4-6-14(7-5-13)21-11-12(10-20)15(23)22-8-2-1-3-9-22/h4-7,11,21H,1-3,8-9H2/b12-11-. The summed E-state index contributed by atoms with van der Waals surface area (Å²) in [5.41, 5.74) is -0.444. The molecule has 1 N–H and O–H groups in total. The topological polar surface area (TPSA) is 56.1 Å². The third kappa shape index (κ3) is 4.49. The monoisotopic (exact) mass is 323 g/mol. The van der Waals surface area contributed by atoms with Gasteiger partial charge in [0.05, 0.1) is 5.56 Å². The van der Waals surface area contributed by atoms with Crippen LogP contribution in [0.2, 0.25) is 0 Å². The summed E-state index contributed by atoms with van der Waals surface area (Å²) in [7, 11) is 0. The van der Waals surface area contributed by atoms with E-state index >= 15 is 0 Å². The molecule has 1 amide bonds. The van der Waals surface area contributed by atoms with Gasteiger partial charge in [0.15, 0.2) is 0 Å². The van der Waals surface area contributed by atoms with Gasteiger partial charge in [-0.1, -0.05) is 0 Å². The number of amides is 1. The van der Waals surface area contributed by atoms with Gasteiger partial charge in [-0.2, -0.15) is 18.4 Å². The summed E-state index contributed by atoms with van der Waals surface area (Å²) in [4.78, 5) is 13.8. The molecule has 0 radical (unpaired) electrons. The van der Waals surface area contributed by atoms with Gasteiger partial charge in [-0.25, -0.2) is 0 Å². The van der Waals surface area contributed by atoms with Gasteiger partial charge in [-0.3, -0.25) is 4.79 Å². The van der Waals surface area contributed by atoms with Gasteiger partial charge in [0.2, 0.25) is 0 Å². The first-order valence-electron chi connectivity index (χ1n) is 7.25. The average Bonchev–Trinajstić information content (AvgIpc) is 2.55. The molecule has 7 heteroatoms. The van der Waals surface area contributed by atoms with Crippen LogP contribution in [0.5, 0.6) is 0 Å². The second-order valence-electron chi connectivity index (χ2n) is 5.24. The molecule has 0 saturated carbocycles. The van der Waals surface area contributed by atoms with Crippen molar-refractivity contribution in [1.29, 1.82) is 5.26 Å². The number of hydrogen-bond acceptors (Lipinski definition) is 3. The van der Waals surface area contributed by atoms with Gasteiger partial charge < -0.3 is 10.2 Å². The second-order valence-corrected chi connectivity index (χ2v) is 5.24. The van der Waals surface area contributed by atoms with E-state index in [4.69, 9.17) is 5.26 Å². The summed E-state index contributed by atoms with van der Waals surface area (Å²) in [6.07, 6.45) is -0.261. The summed E-state index contributed by atoms with van der Waals surface area (Å²) in [5.74, 6) is -0.355. The molecule has 1 aromatic carbocycles. The van der Waals surface area contributed by atoms with E-state index in [1.54, 1.807) is 4.90 Å². The maximum atomic E-state index is 12.5. The molecule has 0 spiro atoms. The number of piperidine rings is 1. The highest BCUT2D eigenvalue weighted by Gasteiger charge is 2.29. The zero-order valence-electron chi connectivity index (χ0n) is 12.4. The molecule has 0 aliphatic carbocycles. The molecule has 1 aliphatic rings. The van der Waals surface area contributed by atoms with Crippen molar-refractivity contribution < 1.29 is 18.0 Å². The van der Waals surface area contributed by atoms with E-state index < -0.39 is 11.7 Å². The molecule has 1 aliphatic heterocycles. The number of halogens is 3. The summed E-state index contributed by atoms with van der Waals surface area (Å²) >= 11 is 0. The highest BCUT2D eigenvalue weighted by atomic mass is 19.4. The molecule has 1 aromatic rings. The number of nitrogens with one attached hydrogen (secondary N) is 1. The average molecular weight is 323 g/mol. The molecule has 122 valence electrons. The normalized spacial score (nSPS) is 15.9. The van der Waals surface area contributed by atoms with Crippen LogP contribution in [0.25, 0.3) is 0 Å². The van der Waals surface area contributed by atoms with Crippen LogP contribution in [0.3, 0.4) is 0 Å². The van der Waals surface area contributed by atoms with E-state index in [2.05, 4.69) is 5.32 Å². The molecule has 0 atom stereocenters. The molecular formula is C16H16F3N3O. The number of nitrogens with zero attached hydrogens (tertiary/aromatic N) is 2. The fraction of sp³-hybridized carbons (Fsp3) is 0.375. The molecule has 1 saturated heterocycles. The van der Waals surface area contributed by atoms with Gasteiger partial charge in [0.25, 0.3) is 5.91 Å². The number of anilines is 1. The number of nitriles is 1. The van der Waals surface area contributed by atoms with Crippen LogP contribution in [0, 0.1) is 11.3 Å². The van der Waals surface area contributed by atoms with Crippen molar-refractivity contribution in [3.63, 3.8) is 0 Å². The number of carbonyl (C=O) groups is 1. The van der Waals surface area contributed by atoms with Crippen molar-refractivity contribution >= 4 is 11.6 Å². The van der Waals surface area contributed by atoms with Crippen molar-refractivity contribution in [2.24, 2.45) is 0 Å². The fourth-order valence-corrected chi connectivity index (χ4v) is 2.32. The largest absolute Gasteiger partial charge is 0.416 e. The quantitative estimate of drug-likeness (QED) is 0.684. The molecule has 0 bridgehead atoms. The SMILES string of the molecule is N#C/C(=C/Nc1ccc(C(F)(F)F)cc1)C(=O)N1CCCCC1. The van der Waals surface area contributed by atoms with E-state index in [9.17, 15) is 18.0 Å². The van der Waals surface area contributed by atoms with Crippen molar-refractivity contribution in [3.8, 4) is 6.07 Å². The Morgan fingerprint density at radius 1 is 1.17 bits per heavy atom. The molecular weight excluding hydrogens is 307 g/mol. The Bertz CT molecular complexity index is 623. The molecule has 0 unspecified atom stereocenters. The predicted octanol–water partition coefficient (Wildman–Crippen LogP) is 3.54. The Balaban J connectivity index is 2.04. The maximum Gasteiger partial charge on any atom is 0.416 e. The van der Waals surface area contributed by atoms with Gasteiger partial charge in [-0.15, -0.1) is 0 Å². The zero-order valence-corrected chi connectivity index (χ0v) is 12.4. The number of alkyl halides is 3. The smallest absolute Gasteiger partial charge is 0.360 e. The summed E-state index contributed by atoms with van der Waals surface area (Å²) in [6.45, 7) is 1.25. The number of hydrogen-bond donors (Lipinski definition) is 1. The molecule has 2 rings (SSSR count). The minimum atomic E-state index is -4.39. The first-order valence-corrected chi connectivity index (χ1v) is 7.25. The molecule has 1 heterocycles.